The quantitative estimate of drug-likeness (QED) is 0.606. The van der Waals surface area contributed by atoms with Crippen LogP contribution in [0.2, 0.25) is 0 Å². The van der Waals surface area contributed by atoms with Crippen molar-refractivity contribution in [1.82, 2.24) is 40.0 Å². The Hall–Kier alpha value is -3.25. The van der Waals surface area contributed by atoms with E-state index in [1.165, 1.54) is 17.2 Å². The van der Waals surface area contributed by atoms with Gasteiger partial charge >= 0.3 is 5.97 Å². The molecule has 12 nitrogen and oxygen atoms in total. The molecule has 6 heterocycles. The van der Waals surface area contributed by atoms with Gasteiger partial charge in [0, 0.05) is 25.2 Å². The number of carbonyl (C=O) groups is 2. The molecule has 1 N–H and O–H groups in total. The third kappa shape index (κ3) is 3.31. The first-order chi connectivity index (χ1) is 16.4. The molecule has 2 aromatic heterocycles. The zero-order valence-corrected chi connectivity index (χ0v) is 18.9. The van der Waals surface area contributed by atoms with Crippen molar-refractivity contribution in [3.8, 4) is 5.82 Å². The van der Waals surface area contributed by atoms with Gasteiger partial charge in [0.25, 0.3) is 0 Å². The summed E-state index contributed by atoms with van der Waals surface area (Å²) in [6.45, 7) is 3.00. The van der Waals surface area contributed by atoms with Crippen LogP contribution in [0.5, 0.6) is 0 Å². The van der Waals surface area contributed by atoms with Crippen LogP contribution < -0.4 is 0 Å². The minimum atomic E-state index is -0.780. The summed E-state index contributed by atoms with van der Waals surface area (Å²) in [5.74, 6) is 0.271. The Morgan fingerprint density at radius 3 is 2.62 bits per heavy atom. The van der Waals surface area contributed by atoms with Gasteiger partial charge in [0.15, 0.2) is 5.82 Å². The fourth-order valence-corrected chi connectivity index (χ4v) is 6.12. The van der Waals surface area contributed by atoms with Gasteiger partial charge in [0.2, 0.25) is 5.91 Å². The number of piperidine rings is 1. The number of aliphatic hydroxyl groups excluding tert-OH is 1. The van der Waals surface area contributed by atoms with Gasteiger partial charge in [-0.2, -0.15) is 4.68 Å². The summed E-state index contributed by atoms with van der Waals surface area (Å²) in [6, 6.07) is 0.476. The SMILES string of the molecule is CC1=C(N2CCC3(CC4CCC(C3)N4C[C@@H](O)c3cnc(-n4cnnn4)cn3)C2=O)COC1=O. The van der Waals surface area contributed by atoms with Crippen LogP contribution in [0, 0.1) is 5.41 Å². The summed E-state index contributed by atoms with van der Waals surface area (Å²) >= 11 is 0. The minimum absolute atomic E-state index is 0.126. The molecule has 0 aliphatic carbocycles. The number of carbonyl (C=O) groups excluding carboxylic acids is 2. The molecule has 3 saturated heterocycles. The molecule has 4 aliphatic rings. The number of aromatic nitrogens is 6. The van der Waals surface area contributed by atoms with Gasteiger partial charge < -0.3 is 14.7 Å². The Balaban J connectivity index is 1.14. The molecular formula is C22H26N8O4. The maximum Gasteiger partial charge on any atom is 0.336 e. The van der Waals surface area contributed by atoms with E-state index < -0.39 is 6.10 Å². The molecule has 0 radical (unpaired) electrons. The molecule has 12 heteroatoms. The third-order valence-electron chi connectivity index (χ3n) is 7.91. The van der Waals surface area contributed by atoms with E-state index >= 15 is 0 Å². The van der Waals surface area contributed by atoms with Crippen LogP contribution in [0.4, 0.5) is 0 Å². The van der Waals surface area contributed by atoms with E-state index in [-0.39, 0.29) is 36.0 Å². The highest BCUT2D eigenvalue weighted by Crippen LogP contribution is 2.52. The molecule has 3 fully saturated rings. The van der Waals surface area contributed by atoms with Crippen molar-refractivity contribution < 1.29 is 19.4 Å². The van der Waals surface area contributed by atoms with Crippen LogP contribution in [0.15, 0.2) is 30.0 Å². The predicted molar refractivity (Wildman–Crippen MR) is 115 cm³/mol. The van der Waals surface area contributed by atoms with E-state index in [0.717, 1.165) is 37.8 Å². The molecular weight excluding hydrogens is 440 g/mol. The number of likely N-dealkylation sites (tertiary alicyclic amines) is 1. The van der Waals surface area contributed by atoms with Crippen molar-refractivity contribution >= 4 is 11.9 Å². The second kappa shape index (κ2) is 7.91. The van der Waals surface area contributed by atoms with Crippen LogP contribution in [0.25, 0.3) is 5.82 Å². The number of tetrazole rings is 1. The van der Waals surface area contributed by atoms with E-state index in [1.54, 1.807) is 18.0 Å². The molecule has 4 aliphatic heterocycles. The number of esters is 1. The van der Waals surface area contributed by atoms with Gasteiger partial charge in [0.1, 0.15) is 19.0 Å². The predicted octanol–water partition coefficient (Wildman–Crippen LogP) is 0.162. The second-order valence-electron chi connectivity index (χ2n) is 9.69. The number of ether oxygens (including phenoxy) is 1. The van der Waals surface area contributed by atoms with E-state index in [4.69, 9.17) is 4.74 Å². The summed E-state index contributed by atoms with van der Waals surface area (Å²) in [7, 11) is 0. The molecule has 34 heavy (non-hydrogen) atoms. The smallest absolute Gasteiger partial charge is 0.336 e. The number of amides is 1. The first-order valence-corrected chi connectivity index (χ1v) is 11.6. The topological polar surface area (TPSA) is 139 Å². The lowest BCUT2D eigenvalue weighted by Crippen LogP contribution is -2.51. The zero-order valence-electron chi connectivity index (χ0n) is 18.9. The largest absolute Gasteiger partial charge is 0.456 e. The molecule has 0 aromatic carbocycles. The lowest BCUT2D eigenvalue weighted by atomic mass is 9.73. The molecule has 2 bridgehead atoms. The van der Waals surface area contributed by atoms with Crippen molar-refractivity contribution in [3.63, 3.8) is 0 Å². The van der Waals surface area contributed by atoms with Gasteiger partial charge in [-0.3, -0.25) is 14.7 Å². The first-order valence-electron chi connectivity index (χ1n) is 11.6. The monoisotopic (exact) mass is 466 g/mol. The summed E-state index contributed by atoms with van der Waals surface area (Å²) in [4.78, 5) is 38.1. The average Bonchev–Trinajstić information content (AvgIpc) is 3.60. The fraction of sp³-hybridized carbons (Fsp3) is 0.591. The second-order valence-corrected chi connectivity index (χ2v) is 9.69. The van der Waals surface area contributed by atoms with Gasteiger partial charge in [-0.25, -0.2) is 9.78 Å². The van der Waals surface area contributed by atoms with Crippen LogP contribution in [0.3, 0.4) is 0 Å². The number of aliphatic hydroxyl groups is 1. The van der Waals surface area contributed by atoms with E-state index in [0.29, 0.717) is 30.2 Å². The summed E-state index contributed by atoms with van der Waals surface area (Å²) in [5.41, 5.74) is 1.37. The van der Waals surface area contributed by atoms with Gasteiger partial charge in [-0.15, -0.1) is 5.10 Å². The number of cyclic esters (lactones) is 1. The highest BCUT2D eigenvalue weighted by molar-refractivity contribution is 5.94. The Labute approximate surface area is 195 Å². The first kappa shape index (κ1) is 21.3. The number of rotatable bonds is 5. The zero-order chi connectivity index (χ0) is 23.4. The molecule has 1 amide bonds. The number of fused-ring (bicyclic) bond motifs is 2. The minimum Gasteiger partial charge on any atom is -0.456 e. The number of hydrogen-bond acceptors (Lipinski definition) is 10. The maximum absolute atomic E-state index is 13.5. The molecule has 2 aromatic rings. The molecule has 178 valence electrons. The van der Waals surface area contributed by atoms with Crippen molar-refractivity contribution in [2.75, 3.05) is 19.7 Å². The fourth-order valence-electron chi connectivity index (χ4n) is 6.12. The van der Waals surface area contributed by atoms with Crippen molar-refractivity contribution in [3.05, 3.63) is 35.7 Å². The van der Waals surface area contributed by atoms with Gasteiger partial charge in [-0.1, -0.05) is 0 Å². The molecule has 3 atom stereocenters. The van der Waals surface area contributed by atoms with Crippen LogP contribution in [-0.2, 0) is 14.3 Å². The number of nitrogens with zero attached hydrogens (tertiary/aromatic N) is 8. The standard InChI is InChI=1S/C22H26N8O4/c1-13-17(11-34-20(13)32)28-5-4-22(21(28)33)6-14-2-3-15(7-22)29(14)10-18(31)16-8-24-19(9-23-16)30-12-25-26-27-30/h8-9,12,14-15,18,31H,2-7,10-11H2,1H3/t14?,15?,18-,22?/m1/s1. The molecule has 1 spiro atoms. The normalized spacial score (nSPS) is 30.0. The van der Waals surface area contributed by atoms with Gasteiger partial charge in [-0.05, 0) is 49.5 Å². The highest BCUT2D eigenvalue weighted by Gasteiger charge is 2.56. The van der Waals surface area contributed by atoms with E-state index in [9.17, 15) is 14.7 Å². The summed E-state index contributed by atoms with van der Waals surface area (Å²) in [5, 5.41) is 21.8. The Morgan fingerprint density at radius 2 is 2.00 bits per heavy atom. The van der Waals surface area contributed by atoms with Crippen molar-refractivity contribution in [2.24, 2.45) is 5.41 Å². The van der Waals surface area contributed by atoms with Crippen molar-refractivity contribution in [2.45, 2.75) is 57.2 Å². The van der Waals surface area contributed by atoms with Crippen LogP contribution in [-0.4, -0.2) is 88.7 Å². The van der Waals surface area contributed by atoms with E-state index in [2.05, 4.69) is 30.4 Å². The summed E-state index contributed by atoms with van der Waals surface area (Å²) < 4.78 is 6.54. The maximum atomic E-state index is 13.5. The lowest BCUT2D eigenvalue weighted by molar-refractivity contribution is -0.140. The summed E-state index contributed by atoms with van der Waals surface area (Å²) in [6.07, 6.45) is 8.11. The Bertz CT molecular complexity index is 1130. The molecule has 6 rings (SSSR count). The van der Waals surface area contributed by atoms with Crippen LogP contribution >= 0.6 is 0 Å². The third-order valence-corrected chi connectivity index (χ3v) is 7.91. The molecule has 0 saturated carbocycles. The number of hydrogen-bond donors (Lipinski definition) is 1. The van der Waals surface area contributed by atoms with Crippen LogP contribution in [0.1, 0.15) is 50.8 Å². The Kier molecular flexibility index (Phi) is 4.96. The molecule has 2 unspecified atom stereocenters. The van der Waals surface area contributed by atoms with Crippen molar-refractivity contribution in [1.29, 1.82) is 0 Å². The van der Waals surface area contributed by atoms with Gasteiger partial charge in [0.05, 0.1) is 34.8 Å². The average molecular weight is 467 g/mol. The lowest BCUT2D eigenvalue weighted by Gasteiger charge is -2.44. The Morgan fingerprint density at radius 1 is 1.21 bits per heavy atom. The van der Waals surface area contributed by atoms with E-state index in [1.807, 2.05) is 0 Å². The highest BCUT2D eigenvalue weighted by atomic mass is 16.5.